The molecule has 0 aromatic carbocycles. The third kappa shape index (κ3) is 4.65. The number of nitrogens with two attached hydrogens (primary N) is 1. The number of nitrogens with zero attached hydrogens (tertiary/aromatic N) is 3. The monoisotopic (exact) mass is 432 g/mol. The fourth-order valence-electron chi connectivity index (χ4n) is 2.40. The Labute approximate surface area is 162 Å². The van der Waals surface area contributed by atoms with Gasteiger partial charge in [-0.3, -0.25) is 9.71 Å². The van der Waals surface area contributed by atoms with E-state index in [1.54, 1.807) is 13.0 Å². The number of pyridine rings is 1. The van der Waals surface area contributed by atoms with Crippen molar-refractivity contribution in [1.82, 2.24) is 19.9 Å². The van der Waals surface area contributed by atoms with E-state index in [9.17, 15) is 21.6 Å². The van der Waals surface area contributed by atoms with Crippen molar-refractivity contribution in [2.75, 3.05) is 16.7 Å². The summed E-state index contributed by atoms with van der Waals surface area (Å²) in [5.74, 6) is -0.286. The summed E-state index contributed by atoms with van der Waals surface area (Å²) in [7, 11) is -3.48. The first-order chi connectivity index (χ1) is 12.9. The molecule has 0 bridgehead atoms. The summed E-state index contributed by atoms with van der Waals surface area (Å²) < 4.78 is 64.1. The number of aromatic nitrogens is 4. The van der Waals surface area contributed by atoms with Gasteiger partial charge in [0, 0.05) is 17.6 Å². The Morgan fingerprint density at radius 1 is 1.29 bits per heavy atom. The van der Waals surface area contributed by atoms with Gasteiger partial charge in [0.15, 0.2) is 10.9 Å². The van der Waals surface area contributed by atoms with E-state index >= 15 is 0 Å². The van der Waals surface area contributed by atoms with E-state index in [4.69, 9.17) is 5.73 Å². The number of H-pyrrole nitrogens is 1. The topological polar surface area (TPSA) is 127 Å². The largest absolute Gasteiger partial charge is 0.433 e. The van der Waals surface area contributed by atoms with Gasteiger partial charge in [0.05, 0.1) is 34.6 Å². The highest BCUT2D eigenvalue weighted by Crippen LogP contribution is 2.36. The molecule has 1 atom stereocenters. The first kappa shape index (κ1) is 20.2. The van der Waals surface area contributed by atoms with Gasteiger partial charge in [-0.25, -0.2) is 18.4 Å². The molecule has 0 saturated heterocycles. The van der Waals surface area contributed by atoms with Crippen LogP contribution < -0.4 is 10.5 Å². The number of halogens is 3. The summed E-state index contributed by atoms with van der Waals surface area (Å²) in [5, 5.41) is 0.0193. The third-order valence-electron chi connectivity index (χ3n) is 3.60. The lowest BCUT2D eigenvalue weighted by atomic mass is 10.2. The van der Waals surface area contributed by atoms with Gasteiger partial charge >= 0.3 is 6.18 Å². The maximum absolute atomic E-state index is 12.9. The van der Waals surface area contributed by atoms with Crippen molar-refractivity contribution in [1.29, 1.82) is 0 Å². The fourth-order valence-corrected chi connectivity index (χ4v) is 3.85. The normalized spacial score (nSPS) is 13.6. The summed E-state index contributed by atoms with van der Waals surface area (Å²) in [6.07, 6.45) is -0.603. The molecular weight excluding hydrogens is 417 g/mol. The molecule has 0 spiro atoms. The van der Waals surface area contributed by atoms with Crippen molar-refractivity contribution in [3.05, 3.63) is 35.9 Å². The SMILES string of the molecule is CC(Sc1nc(N)cc(C(F)(F)F)n1)c1cc2c(NS(C)(=O)=O)c[nH]c2cn1. The number of rotatable bonds is 5. The van der Waals surface area contributed by atoms with Gasteiger partial charge < -0.3 is 10.7 Å². The molecule has 0 aliphatic carbocycles. The standard InChI is InChI=1S/C15H15F3N6O2S2/c1-7(27-14-22-12(15(16,17)18)4-13(19)23-14)9-3-8-10(5-20-9)21-6-11(8)24-28(2,25)26/h3-7,21,24H,1-2H3,(H2,19,22,23). The number of fused-ring (bicyclic) bond motifs is 1. The minimum Gasteiger partial charge on any atom is -0.384 e. The number of nitrogens with one attached hydrogen (secondary N) is 2. The molecule has 3 rings (SSSR count). The number of thioether (sulfide) groups is 1. The molecule has 150 valence electrons. The molecule has 0 aliphatic heterocycles. The molecule has 3 aromatic heterocycles. The zero-order valence-electron chi connectivity index (χ0n) is 14.6. The minimum atomic E-state index is -4.63. The Balaban J connectivity index is 1.91. The van der Waals surface area contributed by atoms with Crippen LogP contribution in [0.4, 0.5) is 24.7 Å². The van der Waals surface area contributed by atoms with Crippen molar-refractivity contribution in [3.63, 3.8) is 0 Å². The Bertz CT molecular complexity index is 1130. The highest BCUT2D eigenvalue weighted by molar-refractivity contribution is 7.99. The van der Waals surface area contributed by atoms with E-state index in [0.29, 0.717) is 28.4 Å². The first-order valence-electron chi connectivity index (χ1n) is 7.75. The molecule has 3 heterocycles. The minimum absolute atomic E-state index is 0.134. The zero-order chi connectivity index (χ0) is 20.7. The Morgan fingerprint density at radius 2 is 2.00 bits per heavy atom. The van der Waals surface area contributed by atoms with Crippen molar-refractivity contribution >= 4 is 44.2 Å². The zero-order valence-corrected chi connectivity index (χ0v) is 16.2. The Hall–Kier alpha value is -2.54. The second kappa shape index (κ2) is 7.13. The van der Waals surface area contributed by atoms with Crippen LogP contribution in [0.3, 0.4) is 0 Å². The first-order valence-corrected chi connectivity index (χ1v) is 10.5. The molecule has 0 aliphatic rings. The van der Waals surface area contributed by atoms with Crippen LogP contribution in [0.5, 0.6) is 0 Å². The molecule has 28 heavy (non-hydrogen) atoms. The van der Waals surface area contributed by atoms with Crippen LogP contribution in [-0.2, 0) is 16.2 Å². The second-order valence-electron chi connectivity index (χ2n) is 5.95. The van der Waals surface area contributed by atoms with Gasteiger partial charge in [-0.1, -0.05) is 11.8 Å². The number of hydrogen-bond donors (Lipinski definition) is 3. The van der Waals surface area contributed by atoms with Crippen LogP contribution in [0.2, 0.25) is 0 Å². The molecule has 8 nitrogen and oxygen atoms in total. The molecule has 4 N–H and O–H groups in total. The summed E-state index contributed by atoms with van der Waals surface area (Å²) >= 11 is 0.958. The number of nitrogen functional groups attached to an aromatic ring is 1. The maximum atomic E-state index is 12.9. The van der Waals surface area contributed by atoms with Gasteiger partial charge in [-0.15, -0.1) is 0 Å². The molecule has 0 radical (unpaired) electrons. The number of aromatic amines is 1. The van der Waals surface area contributed by atoms with Crippen LogP contribution in [0.15, 0.2) is 29.7 Å². The van der Waals surface area contributed by atoms with Gasteiger partial charge in [0.1, 0.15) is 5.82 Å². The Kier molecular flexibility index (Phi) is 5.14. The molecule has 13 heteroatoms. The Morgan fingerprint density at radius 3 is 2.64 bits per heavy atom. The van der Waals surface area contributed by atoms with Crippen LogP contribution in [0, 0.1) is 0 Å². The van der Waals surface area contributed by atoms with Crippen molar-refractivity contribution in [2.24, 2.45) is 0 Å². The lowest BCUT2D eigenvalue weighted by Gasteiger charge is -2.12. The maximum Gasteiger partial charge on any atom is 0.433 e. The molecular formula is C15H15F3N6O2S2. The van der Waals surface area contributed by atoms with E-state index in [-0.39, 0.29) is 11.0 Å². The molecule has 0 fully saturated rings. The summed E-state index contributed by atoms with van der Waals surface area (Å²) in [6, 6.07) is 2.32. The summed E-state index contributed by atoms with van der Waals surface area (Å²) in [5.41, 5.74) is 5.79. The molecule has 0 saturated carbocycles. The fraction of sp³-hybridized carbons (Fsp3) is 0.267. The van der Waals surface area contributed by atoms with E-state index < -0.39 is 27.1 Å². The number of alkyl halides is 3. The van der Waals surface area contributed by atoms with Crippen molar-refractivity contribution in [3.8, 4) is 0 Å². The molecule has 0 amide bonds. The number of hydrogen-bond acceptors (Lipinski definition) is 7. The number of sulfonamides is 1. The molecule has 3 aromatic rings. The van der Waals surface area contributed by atoms with Gasteiger partial charge in [0.2, 0.25) is 10.0 Å². The van der Waals surface area contributed by atoms with Crippen LogP contribution >= 0.6 is 11.8 Å². The predicted octanol–water partition coefficient (Wildman–Crippen LogP) is 3.18. The van der Waals surface area contributed by atoms with Crippen molar-refractivity contribution < 1.29 is 21.6 Å². The highest BCUT2D eigenvalue weighted by Gasteiger charge is 2.33. The van der Waals surface area contributed by atoms with Gasteiger partial charge in [0.25, 0.3) is 0 Å². The van der Waals surface area contributed by atoms with Crippen molar-refractivity contribution in [2.45, 2.75) is 23.5 Å². The summed E-state index contributed by atoms with van der Waals surface area (Å²) in [4.78, 5) is 14.5. The van der Waals surface area contributed by atoms with Crippen LogP contribution in [-0.4, -0.2) is 34.6 Å². The van der Waals surface area contributed by atoms with E-state index in [1.807, 2.05) is 0 Å². The highest BCUT2D eigenvalue weighted by atomic mass is 32.2. The van der Waals surface area contributed by atoms with Crippen LogP contribution in [0.1, 0.15) is 23.6 Å². The predicted molar refractivity (Wildman–Crippen MR) is 100 cm³/mol. The third-order valence-corrected chi connectivity index (χ3v) is 5.18. The van der Waals surface area contributed by atoms with E-state index in [1.165, 1.54) is 12.4 Å². The summed E-state index contributed by atoms with van der Waals surface area (Å²) in [6.45, 7) is 1.72. The van der Waals surface area contributed by atoms with Crippen LogP contribution in [0.25, 0.3) is 10.9 Å². The average Bonchev–Trinajstić information content (AvgIpc) is 2.94. The average molecular weight is 432 g/mol. The lowest BCUT2D eigenvalue weighted by molar-refractivity contribution is -0.141. The molecule has 1 unspecified atom stereocenters. The lowest BCUT2D eigenvalue weighted by Crippen LogP contribution is -2.11. The smallest absolute Gasteiger partial charge is 0.384 e. The quantitative estimate of drug-likeness (QED) is 0.417. The second-order valence-corrected chi connectivity index (χ2v) is 9.01. The van der Waals surface area contributed by atoms with Gasteiger partial charge in [-0.05, 0) is 13.0 Å². The van der Waals surface area contributed by atoms with E-state index in [2.05, 4.69) is 24.7 Å². The van der Waals surface area contributed by atoms with Gasteiger partial charge in [-0.2, -0.15) is 13.2 Å². The number of anilines is 2. The van der Waals surface area contributed by atoms with E-state index in [0.717, 1.165) is 18.0 Å².